The highest BCUT2D eigenvalue weighted by Gasteiger charge is 2.14. The third-order valence-corrected chi connectivity index (χ3v) is 3.74. The Morgan fingerprint density at radius 3 is 1.96 bits per heavy atom. The molecule has 1 heterocycles. The molecule has 0 atom stereocenters. The van der Waals surface area contributed by atoms with Crippen LogP contribution in [0.1, 0.15) is 0 Å². The van der Waals surface area contributed by atoms with Gasteiger partial charge in [0.2, 0.25) is 0 Å². The van der Waals surface area contributed by atoms with Gasteiger partial charge < -0.3 is 0 Å². The highest BCUT2D eigenvalue weighted by Crippen LogP contribution is 2.25. The van der Waals surface area contributed by atoms with Crippen molar-refractivity contribution in [2.45, 2.75) is 0 Å². The standard InChI is InChI=1S/C20H14FN3/c21-17-13-11-16(12-14-17)20-22-19(15-7-3-1-4-8-15)23-24(20)18-9-5-2-6-10-18/h1-14H. The summed E-state index contributed by atoms with van der Waals surface area (Å²) in [5, 5.41) is 4.66. The predicted molar refractivity (Wildman–Crippen MR) is 92.2 cm³/mol. The van der Waals surface area contributed by atoms with Crippen LogP contribution in [0.4, 0.5) is 4.39 Å². The summed E-state index contributed by atoms with van der Waals surface area (Å²) in [6.07, 6.45) is 0. The van der Waals surface area contributed by atoms with Gasteiger partial charge in [-0.2, -0.15) is 0 Å². The Morgan fingerprint density at radius 2 is 1.29 bits per heavy atom. The van der Waals surface area contributed by atoms with E-state index in [0.717, 1.165) is 16.8 Å². The molecule has 0 saturated heterocycles. The number of nitrogens with zero attached hydrogens (tertiary/aromatic N) is 3. The lowest BCUT2D eigenvalue weighted by Gasteiger charge is -2.05. The van der Waals surface area contributed by atoms with Crippen LogP contribution in [-0.4, -0.2) is 14.8 Å². The summed E-state index contributed by atoms with van der Waals surface area (Å²) < 4.78 is 15.0. The van der Waals surface area contributed by atoms with Gasteiger partial charge in [-0.05, 0) is 36.4 Å². The molecular formula is C20H14FN3. The van der Waals surface area contributed by atoms with Crippen LogP contribution >= 0.6 is 0 Å². The first-order valence-corrected chi connectivity index (χ1v) is 7.65. The van der Waals surface area contributed by atoms with Crippen molar-refractivity contribution in [1.29, 1.82) is 0 Å². The number of aromatic nitrogens is 3. The van der Waals surface area contributed by atoms with E-state index < -0.39 is 0 Å². The first-order valence-electron chi connectivity index (χ1n) is 7.65. The molecule has 0 spiro atoms. The van der Waals surface area contributed by atoms with Crippen molar-refractivity contribution in [2.24, 2.45) is 0 Å². The molecular weight excluding hydrogens is 301 g/mol. The summed E-state index contributed by atoms with van der Waals surface area (Å²) in [5.41, 5.74) is 2.66. The van der Waals surface area contributed by atoms with E-state index in [0.29, 0.717) is 11.6 Å². The first kappa shape index (κ1) is 14.3. The molecule has 0 unspecified atom stereocenters. The van der Waals surface area contributed by atoms with Crippen LogP contribution < -0.4 is 0 Å². The fourth-order valence-corrected chi connectivity index (χ4v) is 2.56. The van der Waals surface area contributed by atoms with E-state index in [-0.39, 0.29) is 5.82 Å². The van der Waals surface area contributed by atoms with Gasteiger partial charge in [0.25, 0.3) is 0 Å². The summed E-state index contributed by atoms with van der Waals surface area (Å²) in [6, 6.07) is 25.9. The van der Waals surface area contributed by atoms with Gasteiger partial charge in [0, 0.05) is 11.1 Å². The molecule has 0 aliphatic carbocycles. The Morgan fingerprint density at radius 1 is 0.667 bits per heavy atom. The zero-order valence-corrected chi connectivity index (χ0v) is 12.8. The normalized spacial score (nSPS) is 10.7. The third-order valence-electron chi connectivity index (χ3n) is 3.74. The highest BCUT2D eigenvalue weighted by atomic mass is 19.1. The average Bonchev–Trinajstić information content (AvgIpc) is 3.09. The van der Waals surface area contributed by atoms with Crippen LogP contribution in [0.3, 0.4) is 0 Å². The zero-order chi connectivity index (χ0) is 16.4. The SMILES string of the molecule is Fc1ccc(-c2nc(-c3ccccc3)nn2-c2ccccc2)cc1. The maximum absolute atomic E-state index is 13.3. The van der Waals surface area contributed by atoms with Crippen molar-refractivity contribution in [1.82, 2.24) is 14.8 Å². The number of hydrogen-bond donors (Lipinski definition) is 0. The molecule has 0 radical (unpaired) electrons. The second kappa shape index (κ2) is 6.08. The lowest BCUT2D eigenvalue weighted by Crippen LogP contribution is -1.99. The first-order chi connectivity index (χ1) is 11.8. The fraction of sp³-hybridized carbons (Fsp3) is 0. The second-order valence-electron chi connectivity index (χ2n) is 5.38. The van der Waals surface area contributed by atoms with Crippen molar-refractivity contribution < 1.29 is 4.39 Å². The van der Waals surface area contributed by atoms with Crippen LogP contribution in [0.5, 0.6) is 0 Å². The third kappa shape index (κ3) is 2.70. The molecule has 0 fully saturated rings. The molecule has 0 bridgehead atoms. The van der Waals surface area contributed by atoms with Crippen LogP contribution in [0.15, 0.2) is 84.9 Å². The number of hydrogen-bond acceptors (Lipinski definition) is 2. The molecule has 4 heteroatoms. The number of para-hydroxylation sites is 1. The van der Waals surface area contributed by atoms with Gasteiger partial charge >= 0.3 is 0 Å². The van der Waals surface area contributed by atoms with Gasteiger partial charge in [0.15, 0.2) is 11.6 Å². The molecule has 0 amide bonds. The van der Waals surface area contributed by atoms with Crippen molar-refractivity contribution in [3.05, 3.63) is 90.7 Å². The minimum atomic E-state index is -0.271. The van der Waals surface area contributed by atoms with Crippen molar-refractivity contribution in [3.8, 4) is 28.5 Å². The van der Waals surface area contributed by atoms with Gasteiger partial charge in [0.05, 0.1) is 5.69 Å². The van der Waals surface area contributed by atoms with Gasteiger partial charge in [-0.15, -0.1) is 5.10 Å². The highest BCUT2D eigenvalue weighted by molar-refractivity contribution is 5.63. The quantitative estimate of drug-likeness (QED) is 0.546. The Labute approximate surface area is 139 Å². The molecule has 116 valence electrons. The maximum Gasteiger partial charge on any atom is 0.182 e. The molecule has 1 aromatic heterocycles. The van der Waals surface area contributed by atoms with Crippen LogP contribution in [0.25, 0.3) is 28.5 Å². The van der Waals surface area contributed by atoms with Crippen LogP contribution in [0.2, 0.25) is 0 Å². The van der Waals surface area contributed by atoms with E-state index in [4.69, 9.17) is 0 Å². The lowest BCUT2D eigenvalue weighted by molar-refractivity contribution is 0.628. The molecule has 24 heavy (non-hydrogen) atoms. The lowest BCUT2D eigenvalue weighted by atomic mass is 10.2. The Hall–Kier alpha value is -3.27. The van der Waals surface area contributed by atoms with Crippen molar-refractivity contribution >= 4 is 0 Å². The summed E-state index contributed by atoms with van der Waals surface area (Å²) in [7, 11) is 0. The summed E-state index contributed by atoms with van der Waals surface area (Å²) >= 11 is 0. The van der Waals surface area contributed by atoms with E-state index >= 15 is 0 Å². The van der Waals surface area contributed by atoms with E-state index in [9.17, 15) is 4.39 Å². The largest absolute Gasteiger partial charge is 0.213 e. The molecule has 0 aliphatic heterocycles. The van der Waals surface area contributed by atoms with E-state index in [2.05, 4.69) is 10.1 Å². The van der Waals surface area contributed by atoms with Crippen molar-refractivity contribution in [3.63, 3.8) is 0 Å². The number of benzene rings is 3. The molecule has 4 rings (SSSR count). The summed E-state index contributed by atoms with van der Waals surface area (Å²) in [4.78, 5) is 4.69. The van der Waals surface area contributed by atoms with Gasteiger partial charge in [-0.1, -0.05) is 48.5 Å². The number of rotatable bonds is 3. The molecule has 4 aromatic rings. The smallest absolute Gasteiger partial charge is 0.182 e. The van der Waals surface area contributed by atoms with E-state index in [1.54, 1.807) is 16.8 Å². The average molecular weight is 315 g/mol. The Balaban J connectivity index is 1.90. The zero-order valence-electron chi connectivity index (χ0n) is 12.8. The van der Waals surface area contributed by atoms with Crippen LogP contribution in [0, 0.1) is 5.82 Å². The molecule has 0 aliphatic rings. The molecule has 3 nitrogen and oxygen atoms in total. The van der Waals surface area contributed by atoms with Crippen molar-refractivity contribution in [2.75, 3.05) is 0 Å². The monoisotopic (exact) mass is 315 g/mol. The topological polar surface area (TPSA) is 30.7 Å². The molecule has 0 saturated carbocycles. The summed E-state index contributed by atoms with van der Waals surface area (Å²) in [5.74, 6) is 1.05. The molecule has 0 N–H and O–H groups in total. The number of halogens is 1. The minimum absolute atomic E-state index is 0.271. The minimum Gasteiger partial charge on any atom is -0.213 e. The predicted octanol–water partition coefficient (Wildman–Crippen LogP) is 4.74. The maximum atomic E-state index is 13.3. The Kier molecular flexibility index (Phi) is 3.63. The Bertz CT molecular complexity index is 945. The van der Waals surface area contributed by atoms with E-state index in [1.807, 2.05) is 60.7 Å². The second-order valence-corrected chi connectivity index (χ2v) is 5.38. The van der Waals surface area contributed by atoms with Gasteiger partial charge in [0.1, 0.15) is 5.82 Å². The molecule has 3 aromatic carbocycles. The van der Waals surface area contributed by atoms with Crippen LogP contribution in [-0.2, 0) is 0 Å². The summed E-state index contributed by atoms with van der Waals surface area (Å²) in [6.45, 7) is 0. The van der Waals surface area contributed by atoms with E-state index in [1.165, 1.54) is 12.1 Å². The van der Waals surface area contributed by atoms with Gasteiger partial charge in [-0.3, -0.25) is 0 Å². The van der Waals surface area contributed by atoms with Gasteiger partial charge in [-0.25, -0.2) is 14.1 Å². The fourth-order valence-electron chi connectivity index (χ4n) is 2.56.